The van der Waals surface area contributed by atoms with Crippen LogP contribution in [0.3, 0.4) is 0 Å². The smallest absolute Gasteiger partial charge is 0.256 e. The van der Waals surface area contributed by atoms with Gasteiger partial charge in [-0.1, -0.05) is 12.1 Å². The third-order valence-corrected chi connectivity index (χ3v) is 4.67. The normalized spacial score (nSPS) is 13.9. The second kappa shape index (κ2) is 11.0. The van der Waals surface area contributed by atoms with E-state index in [2.05, 4.69) is 4.90 Å². The molecule has 0 aromatic heterocycles. The van der Waals surface area contributed by atoms with Crippen LogP contribution in [0.1, 0.15) is 15.9 Å². The van der Waals surface area contributed by atoms with Gasteiger partial charge in [0.15, 0.2) is 0 Å². The Bertz CT molecular complexity index is 759. The van der Waals surface area contributed by atoms with E-state index in [1.54, 1.807) is 26.4 Å². The Kier molecular flexibility index (Phi) is 9.38. The van der Waals surface area contributed by atoms with Crippen molar-refractivity contribution in [1.29, 1.82) is 0 Å². The van der Waals surface area contributed by atoms with Crippen molar-refractivity contribution in [2.45, 2.75) is 6.54 Å². The summed E-state index contributed by atoms with van der Waals surface area (Å²) in [6.07, 6.45) is 0. The zero-order valence-electron chi connectivity index (χ0n) is 16.1. The predicted octanol–water partition coefficient (Wildman–Crippen LogP) is 3.09. The van der Waals surface area contributed by atoms with Crippen molar-refractivity contribution in [2.75, 3.05) is 46.1 Å². The third kappa shape index (κ3) is 5.67. The summed E-state index contributed by atoms with van der Waals surface area (Å²) in [5.74, 6) is 1.58. The summed E-state index contributed by atoms with van der Waals surface area (Å²) < 4.78 is 10.7. The van der Waals surface area contributed by atoms with E-state index in [9.17, 15) is 4.79 Å². The summed E-state index contributed by atoms with van der Waals surface area (Å²) in [5, 5.41) is 0. The van der Waals surface area contributed by atoms with Crippen LogP contribution in [0, 0.1) is 0 Å². The number of hydrogen-bond donors (Lipinski definition) is 1. The van der Waals surface area contributed by atoms with E-state index in [1.165, 1.54) is 0 Å². The summed E-state index contributed by atoms with van der Waals surface area (Å²) in [5.41, 5.74) is 8.18. The van der Waals surface area contributed by atoms with Gasteiger partial charge < -0.3 is 20.1 Å². The molecule has 6 nitrogen and oxygen atoms in total. The van der Waals surface area contributed by atoms with Crippen LogP contribution in [-0.2, 0) is 6.54 Å². The second-order valence-corrected chi connectivity index (χ2v) is 6.38. The van der Waals surface area contributed by atoms with Crippen molar-refractivity contribution in [3.05, 3.63) is 53.6 Å². The molecule has 0 aliphatic carbocycles. The number of para-hydroxylation sites is 1. The highest BCUT2D eigenvalue weighted by Crippen LogP contribution is 2.24. The molecule has 2 N–H and O–H groups in total. The van der Waals surface area contributed by atoms with Crippen molar-refractivity contribution in [3.8, 4) is 11.5 Å². The number of halogens is 2. The van der Waals surface area contributed by atoms with E-state index < -0.39 is 0 Å². The van der Waals surface area contributed by atoms with Crippen molar-refractivity contribution in [2.24, 2.45) is 0 Å². The standard InChI is InChI=1S/C20H25N3O3.2ClH/c1-25-16-11-15(12-17(13-16)26-2)14-22-7-9-23(10-8-22)20(24)18-5-3-4-6-19(18)21;;/h3-6,11-13H,7-10,14,21H2,1-2H3;2*1H. The fourth-order valence-electron chi connectivity index (χ4n) is 3.19. The number of nitrogens with zero attached hydrogens (tertiary/aromatic N) is 2. The Morgan fingerprint density at radius 1 is 0.964 bits per heavy atom. The van der Waals surface area contributed by atoms with E-state index in [-0.39, 0.29) is 30.7 Å². The lowest BCUT2D eigenvalue weighted by Crippen LogP contribution is -2.48. The Labute approximate surface area is 178 Å². The zero-order chi connectivity index (χ0) is 18.5. The van der Waals surface area contributed by atoms with E-state index in [1.807, 2.05) is 35.2 Å². The highest BCUT2D eigenvalue weighted by atomic mass is 35.5. The van der Waals surface area contributed by atoms with E-state index in [0.717, 1.165) is 36.7 Å². The Morgan fingerprint density at radius 2 is 1.54 bits per heavy atom. The van der Waals surface area contributed by atoms with E-state index in [0.29, 0.717) is 24.3 Å². The molecule has 0 saturated carbocycles. The van der Waals surface area contributed by atoms with Crippen molar-refractivity contribution in [3.63, 3.8) is 0 Å². The molecule has 0 spiro atoms. The van der Waals surface area contributed by atoms with Crippen LogP contribution >= 0.6 is 24.8 Å². The number of anilines is 1. The molecule has 154 valence electrons. The molecule has 2 aromatic carbocycles. The van der Waals surface area contributed by atoms with Crippen LogP contribution in [0.2, 0.25) is 0 Å². The molecule has 1 saturated heterocycles. The predicted molar refractivity (Wildman–Crippen MR) is 116 cm³/mol. The quantitative estimate of drug-likeness (QED) is 0.742. The van der Waals surface area contributed by atoms with Gasteiger partial charge in [-0.2, -0.15) is 0 Å². The van der Waals surface area contributed by atoms with Gasteiger partial charge in [0.25, 0.3) is 5.91 Å². The molecule has 1 heterocycles. The number of benzene rings is 2. The first-order valence-electron chi connectivity index (χ1n) is 8.69. The number of nitrogen functional groups attached to an aromatic ring is 1. The summed E-state index contributed by atoms with van der Waals surface area (Å²) in [4.78, 5) is 16.8. The highest BCUT2D eigenvalue weighted by molar-refractivity contribution is 5.99. The van der Waals surface area contributed by atoms with Crippen LogP contribution < -0.4 is 15.2 Å². The molecule has 2 aromatic rings. The molecule has 8 heteroatoms. The van der Waals surface area contributed by atoms with Gasteiger partial charge in [0, 0.05) is 44.5 Å². The molecule has 0 unspecified atom stereocenters. The van der Waals surface area contributed by atoms with Gasteiger partial charge in [-0.05, 0) is 29.8 Å². The van der Waals surface area contributed by atoms with Gasteiger partial charge in [0.2, 0.25) is 0 Å². The number of nitrogens with two attached hydrogens (primary N) is 1. The molecular formula is C20H27Cl2N3O3. The summed E-state index contributed by atoms with van der Waals surface area (Å²) >= 11 is 0. The molecule has 1 aliphatic rings. The van der Waals surface area contributed by atoms with Crippen molar-refractivity contribution < 1.29 is 14.3 Å². The van der Waals surface area contributed by atoms with Gasteiger partial charge in [0.1, 0.15) is 11.5 Å². The number of carbonyl (C=O) groups is 1. The molecule has 0 bridgehead atoms. The number of carbonyl (C=O) groups excluding carboxylic acids is 1. The molecule has 0 radical (unpaired) electrons. The van der Waals surface area contributed by atoms with Crippen molar-refractivity contribution in [1.82, 2.24) is 9.80 Å². The molecule has 1 amide bonds. The molecule has 3 rings (SSSR count). The van der Waals surface area contributed by atoms with Crippen LogP contribution in [0.5, 0.6) is 11.5 Å². The maximum atomic E-state index is 12.6. The Hall–Kier alpha value is -2.15. The Morgan fingerprint density at radius 3 is 2.07 bits per heavy atom. The second-order valence-electron chi connectivity index (χ2n) is 6.38. The SMILES string of the molecule is COc1cc(CN2CCN(C(=O)c3ccccc3N)CC2)cc(OC)c1.Cl.Cl. The number of piperazine rings is 1. The average molecular weight is 428 g/mol. The van der Waals surface area contributed by atoms with Crippen molar-refractivity contribution >= 4 is 36.4 Å². The van der Waals surface area contributed by atoms with Crippen LogP contribution in [0.15, 0.2) is 42.5 Å². The van der Waals surface area contributed by atoms with Gasteiger partial charge >= 0.3 is 0 Å². The molecule has 1 aliphatic heterocycles. The minimum atomic E-state index is 0. The highest BCUT2D eigenvalue weighted by Gasteiger charge is 2.23. The first-order chi connectivity index (χ1) is 12.6. The van der Waals surface area contributed by atoms with Crippen LogP contribution in [0.25, 0.3) is 0 Å². The minimum absolute atomic E-state index is 0. The fourth-order valence-corrected chi connectivity index (χ4v) is 3.19. The number of hydrogen-bond acceptors (Lipinski definition) is 5. The van der Waals surface area contributed by atoms with Gasteiger partial charge in [0.05, 0.1) is 19.8 Å². The average Bonchev–Trinajstić information content (AvgIpc) is 2.68. The first kappa shape index (κ1) is 23.9. The largest absolute Gasteiger partial charge is 0.497 e. The summed E-state index contributed by atoms with van der Waals surface area (Å²) in [7, 11) is 3.30. The number of rotatable bonds is 5. The maximum absolute atomic E-state index is 12.6. The molecular weight excluding hydrogens is 401 g/mol. The lowest BCUT2D eigenvalue weighted by atomic mass is 10.1. The molecule has 28 heavy (non-hydrogen) atoms. The molecule has 0 atom stereocenters. The lowest BCUT2D eigenvalue weighted by Gasteiger charge is -2.35. The van der Waals surface area contributed by atoms with E-state index in [4.69, 9.17) is 15.2 Å². The summed E-state index contributed by atoms with van der Waals surface area (Å²) in [6.45, 7) is 3.81. The zero-order valence-corrected chi connectivity index (χ0v) is 17.7. The monoisotopic (exact) mass is 427 g/mol. The van der Waals surface area contributed by atoms with Crippen LogP contribution in [-0.4, -0.2) is 56.1 Å². The van der Waals surface area contributed by atoms with Gasteiger partial charge in [-0.25, -0.2) is 0 Å². The molecule has 1 fully saturated rings. The fraction of sp³-hybridized carbons (Fsp3) is 0.350. The lowest BCUT2D eigenvalue weighted by molar-refractivity contribution is 0.0629. The summed E-state index contributed by atoms with van der Waals surface area (Å²) in [6, 6.07) is 13.1. The minimum Gasteiger partial charge on any atom is -0.497 e. The maximum Gasteiger partial charge on any atom is 0.256 e. The van der Waals surface area contributed by atoms with Gasteiger partial charge in [-0.15, -0.1) is 24.8 Å². The van der Waals surface area contributed by atoms with Crippen LogP contribution in [0.4, 0.5) is 5.69 Å². The number of amides is 1. The van der Waals surface area contributed by atoms with E-state index >= 15 is 0 Å². The van der Waals surface area contributed by atoms with Gasteiger partial charge in [-0.3, -0.25) is 9.69 Å². The third-order valence-electron chi connectivity index (χ3n) is 4.67. The number of ether oxygens (including phenoxy) is 2. The number of methoxy groups -OCH3 is 2. The topological polar surface area (TPSA) is 68.0 Å². The Balaban J connectivity index is 0.00000196. The first-order valence-corrected chi connectivity index (χ1v) is 8.69.